The largest absolute Gasteiger partial charge is 0.493 e. The predicted molar refractivity (Wildman–Crippen MR) is 116 cm³/mol. The number of nitrogens with one attached hydrogen (secondary N) is 2. The number of pyridine rings is 1. The van der Waals surface area contributed by atoms with Gasteiger partial charge in [0.05, 0.1) is 26.9 Å². The fourth-order valence-corrected chi connectivity index (χ4v) is 2.69. The Kier molecular flexibility index (Phi) is 9.08. The van der Waals surface area contributed by atoms with E-state index in [0.29, 0.717) is 12.4 Å². The number of guanidine groups is 1. The van der Waals surface area contributed by atoms with Crippen molar-refractivity contribution in [2.45, 2.75) is 39.8 Å². The Balaban J connectivity index is 1.90. The van der Waals surface area contributed by atoms with Gasteiger partial charge in [-0.25, -0.2) is 9.98 Å². The SMILES string of the molecule is CCNC(=NCc1ccc(OC(C)C)nc1)NCCc1ccc(OC)c(OC)c1. The summed E-state index contributed by atoms with van der Waals surface area (Å²) >= 11 is 0. The number of rotatable bonds is 10. The van der Waals surface area contributed by atoms with E-state index in [1.165, 1.54) is 0 Å². The third-order valence-corrected chi connectivity index (χ3v) is 4.07. The third kappa shape index (κ3) is 7.52. The highest BCUT2D eigenvalue weighted by atomic mass is 16.5. The van der Waals surface area contributed by atoms with Crippen LogP contribution in [0.25, 0.3) is 0 Å². The molecule has 0 radical (unpaired) electrons. The maximum Gasteiger partial charge on any atom is 0.213 e. The van der Waals surface area contributed by atoms with E-state index in [1.54, 1.807) is 20.4 Å². The first kappa shape index (κ1) is 22.3. The highest BCUT2D eigenvalue weighted by Gasteiger charge is 2.05. The van der Waals surface area contributed by atoms with Crippen LogP contribution in [0.4, 0.5) is 0 Å². The molecule has 1 aromatic carbocycles. The van der Waals surface area contributed by atoms with Crippen LogP contribution in [0.2, 0.25) is 0 Å². The van der Waals surface area contributed by atoms with Gasteiger partial charge in [0.2, 0.25) is 5.88 Å². The van der Waals surface area contributed by atoms with Gasteiger partial charge in [0.15, 0.2) is 17.5 Å². The zero-order chi connectivity index (χ0) is 21.1. The molecule has 7 heteroatoms. The van der Waals surface area contributed by atoms with Crippen molar-refractivity contribution in [1.82, 2.24) is 15.6 Å². The lowest BCUT2D eigenvalue weighted by Crippen LogP contribution is -2.38. The molecule has 0 atom stereocenters. The van der Waals surface area contributed by atoms with Gasteiger partial charge in [-0.2, -0.15) is 0 Å². The summed E-state index contributed by atoms with van der Waals surface area (Å²) in [5, 5.41) is 6.63. The Morgan fingerprint density at radius 3 is 2.41 bits per heavy atom. The standard InChI is InChI=1S/C22H32N4O3/c1-6-23-22(26-15-18-8-10-21(25-14-18)29-16(2)3)24-12-11-17-7-9-19(27-4)20(13-17)28-5/h7-10,13-14,16H,6,11-12,15H2,1-5H3,(H2,23,24,26). The van der Waals surface area contributed by atoms with E-state index >= 15 is 0 Å². The van der Waals surface area contributed by atoms with Crippen LogP contribution < -0.4 is 24.8 Å². The van der Waals surface area contributed by atoms with Crippen LogP contribution in [0.5, 0.6) is 17.4 Å². The molecule has 2 N–H and O–H groups in total. The first-order valence-electron chi connectivity index (χ1n) is 9.90. The van der Waals surface area contributed by atoms with Crippen LogP contribution in [-0.2, 0) is 13.0 Å². The molecular formula is C22H32N4O3. The Morgan fingerprint density at radius 2 is 1.79 bits per heavy atom. The molecule has 0 bridgehead atoms. The lowest BCUT2D eigenvalue weighted by atomic mass is 10.1. The maximum absolute atomic E-state index is 5.57. The van der Waals surface area contributed by atoms with Crippen molar-refractivity contribution >= 4 is 5.96 Å². The van der Waals surface area contributed by atoms with Crippen LogP contribution >= 0.6 is 0 Å². The summed E-state index contributed by atoms with van der Waals surface area (Å²) in [6, 6.07) is 9.83. The van der Waals surface area contributed by atoms with E-state index in [-0.39, 0.29) is 6.10 Å². The van der Waals surface area contributed by atoms with Crippen molar-refractivity contribution in [3.05, 3.63) is 47.7 Å². The predicted octanol–water partition coefficient (Wildman–Crippen LogP) is 3.18. The molecule has 0 aliphatic rings. The van der Waals surface area contributed by atoms with Gasteiger partial charge < -0.3 is 24.8 Å². The molecule has 2 rings (SSSR count). The first-order valence-corrected chi connectivity index (χ1v) is 9.90. The summed E-state index contributed by atoms with van der Waals surface area (Å²) < 4.78 is 16.2. The molecule has 0 saturated heterocycles. The zero-order valence-electron chi connectivity index (χ0n) is 18.0. The summed E-state index contributed by atoms with van der Waals surface area (Å²) in [6.07, 6.45) is 2.75. The Labute approximate surface area is 173 Å². The number of benzene rings is 1. The molecule has 0 saturated carbocycles. The van der Waals surface area contributed by atoms with E-state index in [4.69, 9.17) is 14.2 Å². The summed E-state index contributed by atoms with van der Waals surface area (Å²) in [4.78, 5) is 8.96. The molecule has 0 aliphatic heterocycles. The normalized spacial score (nSPS) is 11.3. The molecule has 2 aromatic rings. The van der Waals surface area contributed by atoms with Gasteiger partial charge in [-0.05, 0) is 50.5 Å². The molecule has 0 aliphatic carbocycles. The van der Waals surface area contributed by atoms with Crippen LogP contribution in [0.1, 0.15) is 31.9 Å². The fourth-order valence-electron chi connectivity index (χ4n) is 2.69. The van der Waals surface area contributed by atoms with Crippen LogP contribution in [0.3, 0.4) is 0 Å². The molecule has 0 fully saturated rings. The molecule has 7 nitrogen and oxygen atoms in total. The number of hydrogen-bond acceptors (Lipinski definition) is 5. The lowest BCUT2D eigenvalue weighted by molar-refractivity contribution is 0.232. The summed E-state index contributed by atoms with van der Waals surface area (Å²) in [5.41, 5.74) is 2.19. The van der Waals surface area contributed by atoms with E-state index in [1.807, 2.05) is 51.1 Å². The third-order valence-electron chi connectivity index (χ3n) is 4.07. The molecule has 158 valence electrons. The van der Waals surface area contributed by atoms with Gasteiger partial charge in [-0.15, -0.1) is 0 Å². The van der Waals surface area contributed by atoms with E-state index in [9.17, 15) is 0 Å². The van der Waals surface area contributed by atoms with E-state index < -0.39 is 0 Å². The minimum Gasteiger partial charge on any atom is -0.493 e. The van der Waals surface area contributed by atoms with Crippen LogP contribution in [-0.4, -0.2) is 44.4 Å². The average molecular weight is 401 g/mol. The zero-order valence-corrected chi connectivity index (χ0v) is 18.0. The van der Waals surface area contributed by atoms with Crippen molar-refractivity contribution in [2.75, 3.05) is 27.3 Å². The highest BCUT2D eigenvalue weighted by molar-refractivity contribution is 5.79. The Bertz CT molecular complexity index is 776. The van der Waals surface area contributed by atoms with Gasteiger partial charge in [0.25, 0.3) is 0 Å². The second-order valence-corrected chi connectivity index (χ2v) is 6.73. The average Bonchev–Trinajstić information content (AvgIpc) is 2.72. The number of aromatic nitrogens is 1. The summed E-state index contributed by atoms with van der Waals surface area (Å²) in [5.74, 6) is 2.88. The smallest absolute Gasteiger partial charge is 0.213 e. The molecule has 0 unspecified atom stereocenters. The van der Waals surface area contributed by atoms with Crippen molar-refractivity contribution in [2.24, 2.45) is 4.99 Å². The van der Waals surface area contributed by atoms with Gasteiger partial charge in [-0.3, -0.25) is 0 Å². The fraction of sp³-hybridized carbons (Fsp3) is 0.455. The van der Waals surface area contributed by atoms with E-state index in [0.717, 1.165) is 48.1 Å². The van der Waals surface area contributed by atoms with Gasteiger partial charge >= 0.3 is 0 Å². The number of aliphatic imine (C=N–C) groups is 1. The minimum atomic E-state index is 0.113. The monoisotopic (exact) mass is 400 g/mol. The number of methoxy groups -OCH3 is 2. The molecule has 0 amide bonds. The summed E-state index contributed by atoms with van der Waals surface area (Å²) in [7, 11) is 3.28. The molecule has 29 heavy (non-hydrogen) atoms. The second kappa shape index (κ2) is 11.8. The summed E-state index contributed by atoms with van der Waals surface area (Å²) in [6.45, 7) is 8.10. The molecule has 0 spiro atoms. The number of hydrogen-bond donors (Lipinski definition) is 2. The van der Waals surface area contributed by atoms with Gasteiger partial charge in [0, 0.05) is 25.4 Å². The molecule has 1 aromatic heterocycles. The van der Waals surface area contributed by atoms with Crippen molar-refractivity contribution in [3.63, 3.8) is 0 Å². The van der Waals surface area contributed by atoms with Gasteiger partial charge in [0.1, 0.15) is 0 Å². The first-order chi connectivity index (χ1) is 14.0. The Hall–Kier alpha value is -2.96. The second-order valence-electron chi connectivity index (χ2n) is 6.73. The Morgan fingerprint density at radius 1 is 1.03 bits per heavy atom. The lowest BCUT2D eigenvalue weighted by Gasteiger charge is -2.13. The van der Waals surface area contributed by atoms with Gasteiger partial charge in [-0.1, -0.05) is 12.1 Å². The molecular weight excluding hydrogens is 368 g/mol. The van der Waals surface area contributed by atoms with Crippen LogP contribution in [0, 0.1) is 0 Å². The quantitative estimate of drug-likeness (QED) is 0.471. The minimum absolute atomic E-state index is 0.113. The van der Waals surface area contributed by atoms with Crippen molar-refractivity contribution in [1.29, 1.82) is 0 Å². The topological polar surface area (TPSA) is 77.0 Å². The number of ether oxygens (including phenoxy) is 3. The van der Waals surface area contributed by atoms with Crippen molar-refractivity contribution < 1.29 is 14.2 Å². The van der Waals surface area contributed by atoms with E-state index in [2.05, 4.69) is 20.6 Å². The van der Waals surface area contributed by atoms with Crippen molar-refractivity contribution in [3.8, 4) is 17.4 Å². The maximum atomic E-state index is 5.57. The number of nitrogens with zero attached hydrogens (tertiary/aromatic N) is 2. The van der Waals surface area contributed by atoms with Crippen LogP contribution in [0.15, 0.2) is 41.5 Å². The molecule has 1 heterocycles. The highest BCUT2D eigenvalue weighted by Crippen LogP contribution is 2.27.